The van der Waals surface area contributed by atoms with Gasteiger partial charge in [-0.3, -0.25) is 15.0 Å². The lowest BCUT2D eigenvalue weighted by Crippen LogP contribution is -2.24. The van der Waals surface area contributed by atoms with E-state index in [9.17, 15) is 10.0 Å². The molecule has 0 saturated heterocycles. The summed E-state index contributed by atoms with van der Waals surface area (Å²) in [6, 6.07) is 5.65. The van der Waals surface area contributed by atoms with Gasteiger partial charge in [-0.1, -0.05) is 32.3 Å². The van der Waals surface area contributed by atoms with Gasteiger partial charge in [0, 0.05) is 11.9 Å². The van der Waals surface area contributed by atoms with E-state index in [1.807, 2.05) is 18.2 Å². The van der Waals surface area contributed by atoms with E-state index in [1.54, 1.807) is 6.20 Å². The van der Waals surface area contributed by atoms with Crippen LogP contribution in [0.2, 0.25) is 0 Å². The Morgan fingerprint density at radius 1 is 1.35 bits per heavy atom. The first-order chi connectivity index (χ1) is 11.2. The van der Waals surface area contributed by atoms with Gasteiger partial charge >= 0.3 is 0 Å². The van der Waals surface area contributed by atoms with Gasteiger partial charge in [-0.05, 0) is 18.6 Å². The zero-order valence-corrected chi connectivity index (χ0v) is 13.3. The predicted octanol–water partition coefficient (Wildman–Crippen LogP) is 2.57. The molecule has 0 aliphatic carbocycles. The molecule has 0 spiro atoms. The van der Waals surface area contributed by atoms with Gasteiger partial charge in [-0.15, -0.1) is 10.2 Å². The molecular weight excluding hydrogens is 296 g/mol. The normalized spacial score (nSPS) is 12.1. The molecule has 0 aromatic carbocycles. The van der Waals surface area contributed by atoms with Crippen LogP contribution in [0.5, 0.6) is 0 Å². The first kappa shape index (κ1) is 17.1. The summed E-state index contributed by atoms with van der Waals surface area (Å²) in [5.41, 5.74) is 0.849. The van der Waals surface area contributed by atoms with Gasteiger partial charge in [0.1, 0.15) is 0 Å². The summed E-state index contributed by atoms with van der Waals surface area (Å²) >= 11 is 0. The van der Waals surface area contributed by atoms with Crippen molar-refractivity contribution in [2.45, 2.75) is 44.9 Å². The molecule has 23 heavy (non-hydrogen) atoms. The fourth-order valence-corrected chi connectivity index (χ4v) is 2.36. The quantitative estimate of drug-likeness (QED) is 0.313. The third-order valence-corrected chi connectivity index (χ3v) is 3.58. The van der Waals surface area contributed by atoms with E-state index in [2.05, 4.69) is 22.1 Å². The maximum atomic E-state index is 10.6. The third kappa shape index (κ3) is 5.45. The van der Waals surface area contributed by atoms with E-state index in [0.29, 0.717) is 29.7 Å². The lowest BCUT2D eigenvalue weighted by atomic mass is 10.0. The fourth-order valence-electron chi connectivity index (χ4n) is 2.36. The Kier molecular flexibility index (Phi) is 6.68. The van der Waals surface area contributed by atoms with Crippen molar-refractivity contribution in [1.29, 1.82) is 0 Å². The largest absolute Gasteiger partial charge is 0.424 e. The number of rotatable bonds is 10. The molecule has 0 unspecified atom stereocenters. The molecule has 2 aromatic heterocycles. The number of amides is 1. The van der Waals surface area contributed by atoms with Gasteiger partial charge < -0.3 is 4.42 Å². The van der Waals surface area contributed by atoms with Crippen molar-refractivity contribution in [2.75, 3.05) is 6.54 Å². The first-order valence-corrected chi connectivity index (χ1v) is 7.86. The van der Waals surface area contributed by atoms with E-state index in [0.717, 1.165) is 31.4 Å². The van der Waals surface area contributed by atoms with Crippen LogP contribution in [-0.4, -0.2) is 38.4 Å². The summed E-state index contributed by atoms with van der Waals surface area (Å²) in [4.78, 5) is 14.9. The van der Waals surface area contributed by atoms with Crippen molar-refractivity contribution >= 4 is 6.41 Å². The Morgan fingerprint density at radius 2 is 2.22 bits per heavy atom. The maximum Gasteiger partial charge on any atom is 0.233 e. The topological polar surface area (TPSA) is 92.3 Å². The second-order valence-corrected chi connectivity index (χ2v) is 5.45. The van der Waals surface area contributed by atoms with Crippen LogP contribution in [0.15, 0.2) is 28.8 Å². The Labute approximate surface area is 135 Å². The number of carbonyl (C=O) groups excluding carboxylic acids is 1. The predicted molar refractivity (Wildman–Crippen MR) is 82.8 cm³/mol. The molecule has 124 valence electrons. The minimum absolute atomic E-state index is 0.151. The Hall–Kier alpha value is -2.28. The summed E-state index contributed by atoms with van der Waals surface area (Å²) in [5, 5.41) is 18.2. The van der Waals surface area contributed by atoms with E-state index < -0.39 is 0 Å². The molecule has 2 rings (SSSR count). The molecule has 0 radical (unpaired) electrons. The highest BCUT2D eigenvalue weighted by atomic mass is 16.5. The van der Waals surface area contributed by atoms with Gasteiger partial charge in [-0.25, -0.2) is 5.06 Å². The summed E-state index contributed by atoms with van der Waals surface area (Å²) in [6.45, 7) is 2.27. The number of nitrogens with zero attached hydrogens (tertiary/aromatic N) is 4. The summed E-state index contributed by atoms with van der Waals surface area (Å²) < 4.78 is 5.71. The SMILES string of the molecule is CCCCC[C@H](CN(O)C=O)c1nnc(Cc2ccccn2)o1. The van der Waals surface area contributed by atoms with Gasteiger partial charge in [0.05, 0.1) is 18.9 Å². The minimum Gasteiger partial charge on any atom is -0.424 e. The van der Waals surface area contributed by atoms with Crippen molar-refractivity contribution in [2.24, 2.45) is 0 Å². The molecule has 0 bridgehead atoms. The molecule has 2 heterocycles. The smallest absolute Gasteiger partial charge is 0.233 e. The molecule has 0 fully saturated rings. The number of unbranched alkanes of at least 4 members (excludes halogenated alkanes) is 2. The molecule has 1 atom stereocenters. The number of hydrogen-bond acceptors (Lipinski definition) is 6. The van der Waals surface area contributed by atoms with Crippen LogP contribution in [0.25, 0.3) is 0 Å². The standard InChI is InChI=1S/C16H22N4O3/c1-2-3-4-7-13(11-20(22)12-21)16-19-18-15(23-16)10-14-8-5-6-9-17-14/h5-6,8-9,12-13,22H,2-4,7,10-11H2,1H3/t13-/m1/s1. The second kappa shape index (κ2) is 8.99. The lowest BCUT2D eigenvalue weighted by molar-refractivity contribution is -0.151. The minimum atomic E-state index is -0.165. The molecule has 1 amide bonds. The molecule has 0 aliphatic rings. The van der Waals surface area contributed by atoms with Crippen LogP contribution >= 0.6 is 0 Å². The molecule has 0 saturated carbocycles. The number of aromatic nitrogens is 3. The highest BCUT2D eigenvalue weighted by Crippen LogP contribution is 2.23. The van der Waals surface area contributed by atoms with Gasteiger partial charge in [-0.2, -0.15) is 0 Å². The molecule has 0 aliphatic heterocycles. The molecular formula is C16H22N4O3. The van der Waals surface area contributed by atoms with E-state index in [-0.39, 0.29) is 12.5 Å². The molecule has 7 heteroatoms. The summed E-state index contributed by atoms with van der Waals surface area (Å²) in [7, 11) is 0. The molecule has 2 aromatic rings. The zero-order chi connectivity index (χ0) is 16.5. The number of hydroxylamine groups is 2. The van der Waals surface area contributed by atoms with Gasteiger partial charge in [0.25, 0.3) is 0 Å². The summed E-state index contributed by atoms with van der Waals surface area (Å²) in [5.74, 6) is 0.768. The van der Waals surface area contributed by atoms with Crippen LogP contribution in [0.4, 0.5) is 0 Å². The van der Waals surface area contributed by atoms with E-state index in [4.69, 9.17) is 4.42 Å². The average Bonchev–Trinajstić information content (AvgIpc) is 3.03. The van der Waals surface area contributed by atoms with Crippen molar-refractivity contribution in [3.8, 4) is 0 Å². The van der Waals surface area contributed by atoms with Crippen molar-refractivity contribution in [1.82, 2.24) is 20.2 Å². The number of hydrogen-bond donors (Lipinski definition) is 1. The molecule has 1 N–H and O–H groups in total. The zero-order valence-electron chi connectivity index (χ0n) is 13.3. The lowest BCUT2D eigenvalue weighted by Gasteiger charge is -2.16. The molecule has 7 nitrogen and oxygen atoms in total. The summed E-state index contributed by atoms with van der Waals surface area (Å²) in [6.07, 6.45) is 6.50. The van der Waals surface area contributed by atoms with Crippen LogP contribution in [-0.2, 0) is 11.2 Å². The maximum absolute atomic E-state index is 10.6. The first-order valence-electron chi connectivity index (χ1n) is 7.86. The third-order valence-electron chi connectivity index (χ3n) is 3.58. The van der Waals surface area contributed by atoms with Crippen LogP contribution in [0.3, 0.4) is 0 Å². The fraction of sp³-hybridized carbons (Fsp3) is 0.500. The monoisotopic (exact) mass is 318 g/mol. The highest BCUT2D eigenvalue weighted by Gasteiger charge is 2.21. The van der Waals surface area contributed by atoms with Crippen molar-refractivity contribution < 1.29 is 14.4 Å². The van der Waals surface area contributed by atoms with E-state index >= 15 is 0 Å². The van der Waals surface area contributed by atoms with Crippen molar-refractivity contribution in [3.63, 3.8) is 0 Å². The Morgan fingerprint density at radius 3 is 2.91 bits per heavy atom. The number of carbonyl (C=O) groups is 1. The van der Waals surface area contributed by atoms with Crippen LogP contribution in [0, 0.1) is 0 Å². The highest BCUT2D eigenvalue weighted by molar-refractivity contribution is 5.44. The van der Waals surface area contributed by atoms with Crippen molar-refractivity contribution in [3.05, 3.63) is 41.9 Å². The van der Waals surface area contributed by atoms with Gasteiger partial charge in [0.15, 0.2) is 0 Å². The Bertz CT molecular complexity index is 588. The van der Waals surface area contributed by atoms with E-state index in [1.165, 1.54) is 0 Å². The number of pyridine rings is 1. The van der Waals surface area contributed by atoms with Crippen LogP contribution in [0.1, 0.15) is 56.0 Å². The van der Waals surface area contributed by atoms with Gasteiger partial charge in [0.2, 0.25) is 18.2 Å². The van der Waals surface area contributed by atoms with Crippen LogP contribution < -0.4 is 0 Å². The Balaban J connectivity index is 2.04. The average molecular weight is 318 g/mol. The second-order valence-electron chi connectivity index (χ2n) is 5.45.